The summed E-state index contributed by atoms with van der Waals surface area (Å²) >= 11 is 0. The van der Waals surface area contributed by atoms with Gasteiger partial charge in [-0.15, -0.1) is 0 Å². The van der Waals surface area contributed by atoms with E-state index in [0.29, 0.717) is 12.0 Å². The molecule has 2 N–H and O–H groups in total. The highest BCUT2D eigenvalue weighted by atomic mass is 15.1. The van der Waals surface area contributed by atoms with Crippen LogP contribution in [0.25, 0.3) is 0 Å². The van der Waals surface area contributed by atoms with Crippen molar-refractivity contribution < 1.29 is 0 Å². The highest BCUT2D eigenvalue weighted by molar-refractivity contribution is 5.47. The van der Waals surface area contributed by atoms with Crippen LogP contribution in [0.1, 0.15) is 33.6 Å². The molecule has 3 unspecified atom stereocenters. The van der Waals surface area contributed by atoms with Crippen LogP contribution < -0.4 is 10.6 Å². The molecule has 1 aliphatic carbocycles. The van der Waals surface area contributed by atoms with Crippen LogP contribution in [0.15, 0.2) is 12.4 Å². The van der Waals surface area contributed by atoms with Crippen LogP contribution in [0.2, 0.25) is 0 Å². The summed E-state index contributed by atoms with van der Waals surface area (Å²) in [6.07, 6.45) is 4.16. The van der Waals surface area contributed by atoms with E-state index in [1.807, 2.05) is 6.07 Å². The zero-order chi connectivity index (χ0) is 12.3. The van der Waals surface area contributed by atoms with Gasteiger partial charge >= 0.3 is 0 Å². The molecule has 4 nitrogen and oxygen atoms in total. The van der Waals surface area contributed by atoms with E-state index < -0.39 is 0 Å². The summed E-state index contributed by atoms with van der Waals surface area (Å²) in [5, 5.41) is 6.73. The Hall–Kier alpha value is -1.32. The normalized spacial score (nSPS) is 28.1. The number of nitrogens with zero attached hydrogens (tertiary/aromatic N) is 2. The first-order valence-electron chi connectivity index (χ1n) is 6.53. The summed E-state index contributed by atoms with van der Waals surface area (Å²) in [5.74, 6) is 3.35. The van der Waals surface area contributed by atoms with E-state index in [9.17, 15) is 0 Å². The molecule has 17 heavy (non-hydrogen) atoms. The monoisotopic (exact) mass is 234 g/mol. The molecule has 0 saturated heterocycles. The summed E-state index contributed by atoms with van der Waals surface area (Å²) in [4.78, 5) is 8.46. The average molecular weight is 234 g/mol. The van der Waals surface area contributed by atoms with E-state index in [1.54, 1.807) is 6.33 Å². The van der Waals surface area contributed by atoms with Crippen molar-refractivity contribution in [1.82, 2.24) is 9.97 Å². The number of hydrogen-bond acceptors (Lipinski definition) is 4. The average Bonchev–Trinajstić information content (AvgIpc) is 2.62. The Kier molecular flexibility index (Phi) is 3.82. The van der Waals surface area contributed by atoms with Gasteiger partial charge in [0.25, 0.3) is 0 Å². The fraction of sp³-hybridized carbons (Fsp3) is 0.692. The minimum absolute atomic E-state index is 0.550. The van der Waals surface area contributed by atoms with Gasteiger partial charge in [-0.2, -0.15) is 0 Å². The Balaban J connectivity index is 2.01. The summed E-state index contributed by atoms with van der Waals surface area (Å²) in [6.45, 7) is 7.60. The topological polar surface area (TPSA) is 49.8 Å². The molecule has 0 amide bonds. The first kappa shape index (κ1) is 12.1. The van der Waals surface area contributed by atoms with Gasteiger partial charge < -0.3 is 10.6 Å². The Morgan fingerprint density at radius 3 is 2.65 bits per heavy atom. The van der Waals surface area contributed by atoms with Gasteiger partial charge in [-0.25, -0.2) is 9.97 Å². The van der Waals surface area contributed by atoms with Gasteiger partial charge in [-0.05, 0) is 31.6 Å². The van der Waals surface area contributed by atoms with Gasteiger partial charge in [0.05, 0.1) is 0 Å². The van der Waals surface area contributed by atoms with Crippen molar-refractivity contribution in [1.29, 1.82) is 0 Å². The molecule has 1 saturated carbocycles. The molecule has 0 radical (unpaired) electrons. The molecule has 0 spiro atoms. The molecule has 4 heteroatoms. The van der Waals surface area contributed by atoms with E-state index in [2.05, 4.69) is 41.4 Å². The van der Waals surface area contributed by atoms with E-state index in [4.69, 9.17) is 0 Å². The quantitative estimate of drug-likeness (QED) is 0.841. The van der Waals surface area contributed by atoms with Gasteiger partial charge in [-0.3, -0.25) is 0 Å². The molecule has 3 atom stereocenters. The number of nitrogens with one attached hydrogen (secondary N) is 2. The maximum Gasteiger partial charge on any atom is 0.131 e. The predicted molar refractivity (Wildman–Crippen MR) is 71.2 cm³/mol. The Morgan fingerprint density at radius 2 is 2.00 bits per heavy atom. The molecule has 0 aromatic carbocycles. The molecule has 1 aromatic heterocycles. The minimum Gasteiger partial charge on any atom is -0.370 e. The van der Waals surface area contributed by atoms with Gasteiger partial charge in [-0.1, -0.05) is 13.8 Å². The van der Waals surface area contributed by atoms with Crippen LogP contribution in [0.5, 0.6) is 0 Å². The fourth-order valence-electron chi connectivity index (χ4n) is 2.47. The van der Waals surface area contributed by atoms with Crippen molar-refractivity contribution >= 4 is 11.6 Å². The predicted octanol–water partition coefficient (Wildman–Crippen LogP) is 2.75. The van der Waals surface area contributed by atoms with Crippen molar-refractivity contribution in [3.05, 3.63) is 12.4 Å². The highest BCUT2D eigenvalue weighted by Crippen LogP contribution is 2.32. The third-order valence-electron chi connectivity index (χ3n) is 3.82. The van der Waals surface area contributed by atoms with Crippen molar-refractivity contribution in [3.8, 4) is 0 Å². The van der Waals surface area contributed by atoms with E-state index in [1.165, 1.54) is 12.8 Å². The Morgan fingerprint density at radius 1 is 1.24 bits per heavy atom. The lowest BCUT2D eigenvalue weighted by Crippen LogP contribution is -2.24. The van der Waals surface area contributed by atoms with Gasteiger partial charge in [0, 0.05) is 18.7 Å². The molecule has 1 fully saturated rings. The minimum atomic E-state index is 0.550. The van der Waals surface area contributed by atoms with E-state index in [-0.39, 0.29) is 0 Å². The summed E-state index contributed by atoms with van der Waals surface area (Å²) in [7, 11) is 0. The zero-order valence-corrected chi connectivity index (χ0v) is 10.9. The second-order valence-corrected chi connectivity index (χ2v) is 4.98. The highest BCUT2D eigenvalue weighted by Gasteiger charge is 2.29. The first-order chi connectivity index (χ1) is 8.20. The summed E-state index contributed by atoms with van der Waals surface area (Å²) in [6, 6.07) is 2.54. The van der Waals surface area contributed by atoms with Crippen molar-refractivity contribution in [2.24, 2.45) is 11.8 Å². The van der Waals surface area contributed by atoms with Crippen LogP contribution in [-0.2, 0) is 0 Å². The van der Waals surface area contributed by atoms with Gasteiger partial charge in [0.15, 0.2) is 0 Å². The molecule has 2 rings (SSSR count). The Bertz CT molecular complexity index is 366. The van der Waals surface area contributed by atoms with Crippen LogP contribution in [0.3, 0.4) is 0 Å². The Labute approximate surface area is 103 Å². The smallest absolute Gasteiger partial charge is 0.131 e. The standard InChI is InChI=1S/C13H22N4/c1-4-14-12-7-13(16-8-15-12)17-11-6-5-9(2)10(11)3/h7-11H,4-6H2,1-3H3,(H2,14,15,16,17). The lowest BCUT2D eigenvalue weighted by molar-refractivity contribution is 0.435. The second-order valence-electron chi connectivity index (χ2n) is 4.98. The van der Waals surface area contributed by atoms with Crippen molar-refractivity contribution in [2.45, 2.75) is 39.7 Å². The maximum atomic E-state index is 4.28. The molecule has 0 bridgehead atoms. The van der Waals surface area contributed by atoms with E-state index in [0.717, 1.165) is 24.1 Å². The zero-order valence-electron chi connectivity index (χ0n) is 10.9. The van der Waals surface area contributed by atoms with Crippen molar-refractivity contribution in [3.63, 3.8) is 0 Å². The van der Waals surface area contributed by atoms with Crippen LogP contribution in [0.4, 0.5) is 11.6 Å². The largest absolute Gasteiger partial charge is 0.370 e. The van der Waals surface area contributed by atoms with E-state index >= 15 is 0 Å². The number of hydrogen-bond donors (Lipinski definition) is 2. The lowest BCUT2D eigenvalue weighted by Gasteiger charge is -2.20. The maximum absolute atomic E-state index is 4.28. The molecule has 0 aliphatic heterocycles. The molecule has 1 aliphatic rings. The summed E-state index contributed by atoms with van der Waals surface area (Å²) < 4.78 is 0. The molecule has 94 valence electrons. The third-order valence-corrected chi connectivity index (χ3v) is 3.82. The fourth-order valence-corrected chi connectivity index (χ4v) is 2.47. The molecule has 1 aromatic rings. The number of anilines is 2. The summed E-state index contributed by atoms with van der Waals surface area (Å²) in [5.41, 5.74) is 0. The number of rotatable bonds is 4. The van der Waals surface area contributed by atoms with Gasteiger partial charge in [0.1, 0.15) is 18.0 Å². The van der Waals surface area contributed by atoms with Crippen molar-refractivity contribution in [2.75, 3.05) is 17.2 Å². The molecule has 1 heterocycles. The third kappa shape index (κ3) is 2.87. The SMILES string of the molecule is CCNc1cc(NC2CCC(C)C2C)ncn1. The van der Waals surface area contributed by atoms with Crippen LogP contribution in [-0.4, -0.2) is 22.6 Å². The molecular formula is C13H22N4. The van der Waals surface area contributed by atoms with Gasteiger partial charge in [0.2, 0.25) is 0 Å². The first-order valence-corrected chi connectivity index (χ1v) is 6.53. The second kappa shape index (κ2) is 5.34. The molecular weight excluding hydrogens is 212 g/mol. The lowest BCUT2D eigenvalue weighted by atomic mass is 9.98. The number of aromatic nitrogens is 2. The van der Waals surface area contributed by atoms with Crippen LogP contribution in [0, 0.1) is 11.8 Å². The van der Waals surface area contributed by atoms with Crippen LogP contribution >= 0.6 is 0 Å².